The quantitative estimate of drug-likeness (QED) is 0.470. The van der Waals surface area contributed by atoms with Crippen molar-refractivity contribution in [1.29, 1.82) is 0 Å². The smallest absolute Gasteiger partial charge is 0.270 e. The summed E-state index contributed by atoms with van der Waals surface area (Å²) in [5.74, 6) is -0.205. The molecule has 0 N–H and O–H groups in total. The first-order valence-electron chi connectivity index (χ1n) is 7.27. The predicted octanol–water partition coefficient (Wildman–Crippen LogP) is 3.76. The van der Waals surface area contributed by atoms with Crippen LogP contribution in [0.2, 0.25) is 0 Å². The van der Waals surface area contributed by atoms with Crippen LogP contribution in [0.1, 0.15) is 49.9 Å². The number of benzene rings is 1. The normalized spacial score (nSPS) is 18.4. The van der Waals surface area contributed by atoms with E-state index in [9.17, 15) is 14.9 Å². The molecular formula is C16H21NO4. The summed E-state index contributed by atoms with van der Waals surface area (Å²) in [5.41, 5.74) is 0.629. The molecule has 2 rings (SSSR count). The molecule has 5 heteroatoms. The first-order chi connectivity index (χ1) is 9.87. The molecule has 1 aromatic rings. The number of Topliss-reactive ketones (excluding diaryl/α,β-unsaturated/α-hetero) is 1. The summed E-state index contributed by atoms with van der Waals surface area (Å²) >= 11 is 0. The number of nitrogens with zero attached hydrogens (tertiary/aromatic N) is 1. The van der Waals surface area contributed by atoms with Crippen molar-refractivity contribution in [3.05, 3.63) is 39.9 Å². The van der Waals surface area contributed by atoms with Crippen LogP contribution in [0.25, 0.3) is 0 Å². The SMILES string of the molecule is CC1(C)CCC(OCC(=O)c2cccc([N+](=O)[O-])c2)CC1. The zero-order valence-electron chi connectivity index (χ0n) is 12.5. The Labute approximate surface area is 124 Å². The molecule has 114 valence electrons. The van der Waals surface area contributed by atoms with Crippen molar-refractivity contribution >= 4 is 11.5 Å². The van der Waals surface area contributed by atoms with Crippen LogP contribution in [-0.2, 0) is 4.74 Å². The Morgan fingerprint density at radius 2 is 2.05 bits per heavy atom. The fraction of sp³-hybridized carbons (Fsp3) is 0.562. The Hall–Kier alpha value is -1.75. The minimum Gasteiger partial charge on any atom is -0.370 e. The van der Waals surface area contributed by atoms with Gasteiger partial charge in [-0.3, -0.25) is 14.9 Å². The van der Waals surface area contributed by atoms with E-state index in [-0.39, 0.29) is 24.2 Å². The van der Waals surface area contributed by atoms with Crippen LogP contribution < -0.4 is 0 Å². The van der Waals surface area contributed by atoms with Crippen LogP contribution in [0, 0.1) is 15.5 Å². The second-order valence-electron chi connectivity index (χ2n) is 6.41. The highest BCUT2D eigenvalue weighted by molar-refractivity contribution is 5.97. The highest BCUT2D eigenvalue weighted by Gasteiger charge is 2.27. The van der Waals surface area contributed by atoms with Crippen molar-refractivity contribution in [2.45, 2.75) is 45.6 Å². The van der Waals surface area contributed by atoms with Crippen LogP contribution in [0.3, 0.4) is 0 Å². The number of nitro benzene ring substituents is 1. The topological polar surface area (TPSA) is 69.4 Å². The number of rotatable bonds is 5. The second kappa shape index (κ2) is 6.35. The maximum Gasteiger partial charge on any atom is 0.270 e. The van der Waals surface area contributed by atoms with Crippen molar-refractivity contribution < 1.29 is 14.5 Å². The molecule has 1 aromatic carbocycles. The lowest BCUT2D eigenvalue weighted by atomic mass is 9.76. The largest absolute Gasteiger partial charge is 0.370 e. The monoisotopic (exact) mass is 291 g/mol. The molecule has 1 fully saturated rings. The van der Waals surface area contributed by atoms with Crippen molar-refractivity contribution in [3.8, 4) is 0 Å². The molecule has 1 aliphatic rings. The molecule has 0 heterocycles. The van der Waals surface area contributed by atoms with Gasteiger partial charge in [0.25, 0.3) is 5.69 Å². The number of hydrogen-bond acceptors (Lipinski definition) is 4. The van der Waals surface area contributed by atoms with Crippen molar-refractivity contribution in [2.75, 3.05) is 6.61 Å². The number of ketones is 1. The third kappa shape index (κ3) is 4.36. The molecule has 1 aliphatic carbocycles. The number of ether oxygens (including phenoxy) is 1. The van der Waals surface area contributed by atoms with E-state index in [1.54, 1.807) is 6.07 Å². The number of carbonyl (C=O) groups is 1. The van der Waals surface area contributed by atoms with Gasteiger partial charge in [-0.05, 0) is 31.1 Å². The standard InChI is InChI=1S/C16H21NO4/c1-16(2)8-6-14(7-9-16)21-11-15(18)12-4-3-5-13(10-12)17(19)20/h3-5,10,14H,6-9,11H2,1-2H3. The molecule has 0 aromatic heterocycles. The number of nitro groups is 1. The zero-order valence-corrected chi connectivity index (χ0v) is 12.5. The van der Waals surface area contributed by atoms with Gasteiger partial charge in [-0.2, -0.15) is 0 Å². The summed E-state index contributed by atoms with van der Waals surface area (Å²) in [7, 11) is 0. The lowest BCUT2D eigenvalue weighted by Gasteiger charge is -2.34. The average molecular weight is 291 g/mol. The Kier molecular flexibility index (Phi) is 4.73. The maximum absolute atomic E-state index is 12.0. The highest BCUT2D eigenvalue weighted by Crippen LogP contribution is 2.36. The lowest BCUT2D eigenvalue weighted by molar-refractivity contribution is -0.384. The van der Waals surface area contributed by atoms with Gasteiger partial charge in [-0.15, -0.1) is 0 Å². The van der Waals surface area contributed by atoms with Crippen LogP contribution in [-0.4, -0.2) is 23.4 Å². The van der Waals surface area contributed by atoms with Crippen LogP contribution in [0.5, 0.6) is 0 Å². The fourth-order valence-corrected chi connectivity index (χ4v) is 2.61. The first kappa shape index (κ1) is 15.6. The van der Waals surface area contributed by atoms with Gasteiger partial charge in [-0.25, -0.2) is 0 Å². The summed E-state index contributed by atoms with van der Waals surface area (Å²) in [5, 5.41) is 10.7. The molecule has 0 atom stereocenters. The predicted molar refractivity (Wildman–Crippen MR) is 79.4 cm³/mol. The van der Waals surface area contributed by atoms with Gasteiger partial charge >= 0.3 is 0 Å². The Balaban J connectivity index is 1.88. The van der Waals surface area contributed by atoms with E-state index in [1.165, 1.54) is 18.2 Å². The van der Waals surface area contributed by atoms with E-state index in [1.807, 2.05) is 0 Å². The van der Waals surface area contributed by atoms with Gasteiger partial charge in [0.1, 0.15) is 6.61 Å². The molecular weight excluding hydrogens is 270 g/mol. The number of non-ortho nitro benzene ring substituents is 1. The molecule has 5 nitrogen and oxygen atoms in total. The number of carbonyl (C=O) groups excluding carboxylic acids is 1. The molecule has 0 unspecified atom stereocenters. The molecule has 21 heavy (non-hydrogen) atoms. The van der Waals surface area contributed by atoms with Gasteiger partial charge < -0.3 is 4.74 Å². The summed E-state index contributed by atoms with van der Waals surface area (Å²) in [6.45, 7) is 4.49. The number of hydrogen-bond donors (Lipinski definition) is 0. The summed E-state index contributed by atoms with van der Waals surface area (Å²) in [6.07, 6.45) is 4.26. The van der Waals surface area contributed by atoms with Crippen molar-refractivity contribution in [3.63, 3.8) is 0 Å². The fourth-order valence-electron chi connectivity index (χ4n) is 2.61. The molecule has 0 saturated heterocycles. The van der Waals surface area contributed by atoms with Crippen LogP contribution in [0.15, 0.2) is 24.3 Å². The van der Waals surface area contributed by atoms with E-state index in [0.29, 0.717) is 11.0 Å². The molecule has 0 bridgehead atoms. The van der Waals surface area contributed by atoms with Gasteiger partial charge in [0.15, 0.2) is 5.78 Å². The Morgan fingerprint density at radius 3 is 2.67 bits per heavy atom. The van der Waals surface area contributed by atoms with Gasteiger partial charge in [0.2, 0.25) is 0 Å². The minimum atomic E-state index is -0.499. The zero-order chi connectivity index (χ0) is 15.5. The molecule has 0 amide bonds. The molecule has 0 aliphatic heterocycles. The van der Waals surface area contributed by atoms with Crippen LogP contribution in [0.4, 0.5) is 5.69 Å². The maximum atomic E-state index is 12.0. The van der Waals surface area contributed by atoms with Crippen molar-refractivity contribution in [1.82, 2.24) is 0 Å². The van der Waals surface area contributed by atoms with E-state index in [4.69, 9.17) is 4.74 Å². The van der Waals surface area contributed by atoms with Crippen LogP contribution >= 0.6 is 0 Å². The van der Waals surface area contributed by atoms with Gasteiger partial charge in [-0.1, -0.05) is 26.0 Å². The Bertz CT molecular complexity index is 529. The van der Waals surface area contributed by atoms with Crippen molar-refractivity contribution in [2.24, 2.45) is 5.41 Å². The van der Waals surface area contributed by atoms with E-state index in [0.717, 1.165) is 25.7 Å². The lowest BCUT2D eigenvalue weighted by Crippen LogP contribution is -2.28. The third-order valence-corrected chi connectivity index (χ3v) is 4.12. The minimum absolute atomic E-state index is 0.00768. The third-order valence-electron chi connectivity index (χ3n) is 4.12. The first-order valence-corrected chi connectivity index (χ1v) is 7.27. The summed E-state index contributed by atoms with van der Waals surface area (Å²) in [4.78, 5) is 22.2. The van der Waals surface area contributed by atoms with Gasteiger partial charge in [0.05, 0.1) is 11.0 Å². The molecule has 0 radical (unpaired) electrons. The van der Waals surface area contributed by atoms with E-state index >= 15 is 0 Å². The van der Waals surface area contributed by atoms with E-state index in [2.05, 4.69) is 13.8 Å². The molecule has 0 spiro atoms. The van der Waals surface area contributed by atoms with Gasteiger partial charge in [0, 0.05) is 17.7 Å². The van der Waals surface area contributed by atoms with E-state index < -0.39 is 4.92 Å². The molecule has 1 saturated carbocycles. The Morgan fingerprint density at radius 1 is 1.38 bits per heavy atom. The average Bonchev–Trinajstić information content (AvgIpc) is 2.46. The summed E-state index contributed by atoms with van der Waals surface area (Å²) in [6, 6.07) is 5.79. The summed E-state index contributed by atoms with van der Waals surface area (Å²) < 4.78 is 5.67. The second-order valence-corrected chi connectivity index (χ2v) is 6.41. The highest BCUT2D eigenvalue weighted by atomic mass is 16.6.